The van der Waals surface area contributed by atoms with E-state index in [4.69, 9.17) is 0 Å². The maximum absolute atomic E-state index is 13.7. The molecular formula is C26H22BrN3O8S2. The van der Waals surface area contributed by atoms with Gasteiger partial charge in [0.15, 0.2) is 0 Å². The maximum Gasteiger partial charge on any atom is 0.391 e. The fraction of sp³-hybridized carbons (Fsp3) is 0.154. The Labute approximate surface area is 242 Å². The lowest BCUT2D eigenvalue weighted by atomic mass is 10.1. The van der Waals surface area contributed by atoms with E-state index in [-0.39, 0.29) is 29.2 Å². The number of anilines is 1. The van der Waals surface area contributed by atoms with Crippen LogP contribution in [0.15, 0.2) is 82.2 Å². The number of carbonyl (C=O) groups excluding carboxylic acids is 3. The molecule has 1 aliphatic rings. The van der Waals surface area contributed by atoms with Crippen molar-refractivity contribution in [2.24, 2.45) is 0 Å². The molecule has 1 fully saturated rings. The molecule has 1 aliphatic heterocycles. The van der Waals surface area contributed by atoms with Gasteiger partial charge in [-0.15, -0.1) is 8.83 Å². The van der Waals surface area contributed by atoms with E-state index in [1.54, 1.807) is 67.6 Å². The number of halogens is 1. The van der Waals surface area contributed by atoms with Crippen molar-refractivity contribution in [2.75, 3.05) is 11.9 Å². The third kappa shape index (κ3) is 6.77. The van der Waals surface area contributed by atoms with Crippen LogP contribution in [0, 0.1) is 6.92 Å². The molecular weight excluding hydrogens is 626 g/mol. The summed E-state index contributed by atoms with van der Waals surface area (Å²) in [6.07, 6.45) is -0.320. The van der Waals surface area contributed by atoms with Crippen LogP contribution < -0.4 is 5.32 Å². The molecule has 40 heavy (non-hydrogen) atoms. The molecule has 0 unspecified atom stereocenters. The van der Waals surface area contributed by atoms with Gasteiger partial charge in [0.25, 0.3) is 15.9 Å². The van der Waals surface area contributed by atoms with Gasteiger partial charge in [0.2, 0.25) is 0 Å². The van der Waals surface area contributed by atoms with Crippen LogP contribution in [-0.2, 0) is 30.8 Å². The lowest BCUT2D eigenvalue weighted by molar-refractivity contribution is -0.147. The first kappa shape index (κ1) is 29.4. The minimum Gasteiger partial charge on any atom is -0.480 e. The average Bonchev–Trinajstić information content (AvgIpc) is 2.89. The number of carboxylic acid groups (broad SMARTS) is 1. The van der Waals surface area contributed by atoms with Gasteiger partial charge in [-0.1, -0.05) is 42.0 Å². The van der Waals surface area contributed by atoms with Gasteiger partial charge < -0.3 is 15.2 Å². The van der Waals surface area contributed by atoms with E-state index in [2.05, 4.69) is 26.0 Å². The number of rotatable bonds is 9. The standard InChI is InChI=1S/C26H22BrN3O8S2/c1-16-6-12-19(13-7-16)40(36,37)30(29-15-23(31)38-26(35)39-29)22(25(33)34)14-17-8-10-18(11-9-17)28-24(32)20-4-2-3-5-21(20)27/h2-13,22H,14-15H2,1H3,(H,28,32)(H,33,34)/t22-/m0/s1. The van der Waals surface area contributed by atoms with Crippen LogP contribution in [0.25, 0.3) is 0 Å². The molecule has 0 aromatic heterocycles. The lowest BCUT2D eigenvalue weighted by Gasteiger charge is -2.36. The van der Waals surface area contributed by atoms with Crippen molar-refractivity contribution in [1.82, 2.24) is 8.83 Å². The molecule has 1 saturated heterocycles. The van der Waals surface area contributed by atoms with Crippen LogP contribution in [0.3, 0.4) is 0 Å². The van der Waals surface area contributed by atoms with Gasteiger partial charge in [-0.3, -0.25) is 14.4 Å². The summed E-state index contributed by atoms with van der Waals surface area (Å²) in [5.74, 6) is -2.89. The smallest absolute Gasteiger partial charge is 0.391 e. The Hall–Kier alpha value is -3.56. The van der Waals surface area contributed by atoms with Crippen molar-refractivity contribution in [3.05, 3.63) is 94.0 Å². The summed E-state index contributed by atoms with van der Waals surface area (Å²) in [5, 5.41) is 11.8. The molecule has 208 valence electrons. The highest BCUT2D eigenvalue weighted by molar-refractivity contribution is 9.10. The summed E-state index contributed by atoms with van der Waals surface area (Å²) in [7, 11) is -4.55. The number of nitrogens with one attached hydrogen (secondary N) is 1. The summed E-state index contributed by atoms with van der Waals surface area (Å²) in [6, 6.07) is 17.1. The number of carboxylic acids is 1. The molecule has 0 spiro atoms. The van der Waals surface area contributed by atoms with Gasteiger partial charge in [0.1, 0.15) is 12.6 Å². The van der Waals surface area contributed by atoms with Gasteiger partial charge in [-0.25, -0.2) is 13.2 Å². The lowest BCUT2D eigenvalue weighted by Crippen LogP contribution is -2.56. The molecule has 3 aromatic rings. The van der Waals surface area contributed by atoms with Gasteiger partial charge in [0, 0.05) is 16.6 Å². The molecule has 11 nitrogen and oxygen atoms in total. The van der Waals surface area contributed by atoms with E-state index in [1.165, 1.54) is 12.1 Å². The molecule has 1 atom stereocenters. The number of ether oxygens (including phenoxy) is 1. The summed E-state index contributed by atoms with van der Waals surface area (Å²) >= 11 is 3.60. The van der Waals surface area contributed by atoms with E-state index >= 15 is 0 Å². The highest BCUT2D eigenvalue weighted by Gasteiger charge is 2.44. The first-order chi connectivity index (χ1) is 19.0. The predicted octanol–water partition coefficient (Wildman–Crippen LogP) is 4.24. The molecule has 0 saturated carbocycles. The van der Waals surface area contributed by atoms with Gasteiger partial charge in [-0.05, 0) is 64.8 Å². The Balaban J connectivity index is 1.63. The Morgan fingerprint density at radius 2 is 1.73 bits per heavy atom. The Morgan fingerprint density at radius 1 is 1.07 bits per heavy atom. The normalized spacial score (nSPS) is 15.0. The van der Waals surface area contributed by atoms with Crippen LogP contribution in [0.5, 0.6) is 0 Å². The van der Waals surface area contributed by atoms with Crippen molar-refractivity contribution >= 4 is 66.7 Å². The van der Waals surface area contributed by atoms with Gasteiger partial charge >= 0.3 is 17.2 Å². The predicted molar refractivity (Wildman–Crippen MR) is 150 cm³/mol. The zero-order valence-corrected chi connectivity index (χ0v) is 24.0. The number of benzene rings is 3. The quantitative estimate of drug-likeness (QED) is 0.196. The topological polar surface area (TPSA) is 150 Å². The first-order valence-corrected chi connectivity index (χ1v) is 14.6. The van der Waals surface area contributed by atoms with Crippen LogP contribution >= 0.6 is 27.9 Å². The Kier molecular flexibility index (Phi) is 9.05. The number of aliphatic carboxylic acids is 1. The van der Waals surface area contributed by atoms with Crippen LogP contribution in [0.2, 0.25) is 0 Å². The zero-order chi connectivity index (χ0) is 29.0. The monoisotopic (exact) mass is 647 g/mol. The maximum atomic E-state index is 13.7. The van der Waals surface area contributed by atoms with E-state index in [0.717, 1.165) is 9.98 Å². The summed E-state index contributed by atoms with van der Waals surface area (Å²) < 4.78 is 33.9. The Bertz CT molecular complexity index is 1550. The van der Waals surface area contributed by atoms with Crippen molar-refractivity contribution < 1.29 is 37.4 Å². The minimum atomic E-state index is -4.55. The molecule has 0 aliphatic carbocycles. The SMILES string of the molecule is Cc1ccc(S(=O)(=O)N([C@@H](Cc2ccc(NC(=O)c3ccccc3Br)cc2)C(=O)O)N2CC(=O)OC(=O)S2)cc1. The highest BCUT2D eigenvalue weighted by atomic mass is 79.9. The van der Waals surface area contributed by atoms with E-state index in [9.17, 15) is 32.7 Å². The molecule has 0 radical (unpaired) electrons. The fourth-order valence-corrected chi connectivity index (χ4v) is 6.78. The Morgan fingerprint density at radius 3 is 2.33 bits per heavy atom. The van der Waals surface area contributed by atoms with E-state index in [1.807, 2.05) is 0 Å². The van der Waals surface area contributed by atoms with Gasteiger partial charge in [0.05, 0.1) is 22.4 Å². The largest absolute Gasteiger partial charge is 0.480 e. The number of sulfonamides is 1. The number of cyclic esters (lactones) is 2. The van der Waals surface area contributed by atoms with E-state index in [0.29, 0.717) is 25.7 Å². The second-order valence-corrected chi connectivity index (χ2v) is 12.2. The zero-order valence-electron chi connectivity index (χ0n) is 20.8. The number of hydrogen-bond acceptors (Lipinski definition) is 9. The third-order valence-electron chi connectivity index (χ3n) is 5.74. The summed E-state index contributed by atoms with van der Waals surface area (Å²) in [6.45, 7) is 1.08. The molecule has 1 heterocycles. The number of hydrogen-bond donors (Lipinski definition) is 2. The molecule has 0 bridgehead atoms. The number of carbonyl (C=O) groups is 4. The van der Waals surface area contributed by atoms with Crippen molar-refractivity contribution in [3.8, 4) is 0 Å². The molecule has 3 aromatic carbocycles. The number of amides is 1. The van der Waals surface area contributed by atoms with Crippen LogP contribution in [0.4, 0.5) is 10.5 Å². The van der Waals surface area contributed by atoms with Crippen LogP contribution in [0.1, 0.15) is 21.5 Å². The molecule has 1 amide bonds. The summed E-state index contributed by atoms with van der Waals surface area (Å²) in [4.78, 5) is 48.8. The number of esters is 1. The number of nitrogens with zero attached hydrogens (tertiary/aromatic N) is 2. The third-order valence-corrected chi connectivity index (χ3v) is 9.09. The van der Waals surface area contributed by atoms with Crippen molar-refractivity contribution in [3.63, 3.8) is 0 Å². The fourth-order valence-electron chi connectivity index (χ4n) is 3.79. The first-order valence-electron chi connectivity index (χ1n) is 11.6. The number of aryl methyl sites for hydroxylation is 1. The molecule has 2 N–H and O–H groups in total. The van der Waals surface area contributed by atoms with Crippen molar-refractivity contribution in [2.45, 2.75) is 24.3 Å². The average molecular weight is 649 g/mol. The van der Waals surface area contributed by atoms with E-state index < -0.39 is 39.8 Å². The molecule has 14 heteroatoms. The molecule has 4 rings (SSSR count). The second-order valence-electron chi connectivity index (χ2n) is 8.61. The number of hydrazine groups is 1. The van der Waals surface area contributed by atoms with Crippen molar-refractivity contribution in [1.29, 1.82) is 0 Å². The highest BCUT2D eigenvalue weighted by Crippen LogP contribution is 2.31. The summed E-state index contributed by atoms with van der Waals surface area (Å²) in [5.41, 5.74) is 2.05. The second kappa shape index (κ2) is 12.3. The minimum absolute atomic E-state index is 0.221. The van der Waals surface area contributed by atoms with Crippen LogP contribution in [-0.4, -0.2) is 58.1 Å². The van der Waals surface area contributed by atoms with Gasteiger partial charge in [-0.2, -0.15) is 0 Å².